The quantitative estimate of drug-likeness (QED) is 0.383. The zero-order valence-electron chi connectivity index (χ0n) is 6.53. The fraction of sp³-hybridized carbons (Fsp3) is 0.429. The molecule has 1 aliphatic carbocycles. The van der Waals surface area contributed by atoms with Crippen molar-refractivity contribution in [2.75, 3.05) is 0 Å². The van der Waals surface area contributed by atoms with E-state index < -0.39 is 4.92 Å². The molecule has 0 heterocycles. The number of nitro groups is 1. The van der Waals surface area contributed by atoms with E-state index in [1.807, 2.05) is 6.92 Å². The summed E-state index contributed by atoms with van der Waals surface area (Å²) in [4.78, 5) is 9.90. The molecule has 5 heteroatoms. The van der Waals surface area contributed by atoms with Crippen LogP contribution in [0.5, 0.6) is 0 Å². The van der Waals surface area contributed by atoms with E-state index in [9.17, 15) is 10.1 Å². The summed E-state index contributed by atoms with van der Waals surface area (Å²) in [7, 11) is 0. The Morgan fingerprint density at radius 1 is 1.67 bits per heavy atom. The Labute approximate surface area is 74.8 Å². The van der Waals surface area contributed by atoms with Crippen molar-refractivity contribution in [3.63, 3.8) is 0 Å². The van der Waals surface area contributed by atoms with Gasteiger partial charge in [-0.3, -0.25) is 10.1 Å². The van der Waals surface area contributed by atoms with Crippen molar-refractivity contribution in [2.45, 2.75) is 12.3 Å². The van der Waals surface area contributed by atoms with E-state index >= 15 is 0 Å². The third-order valence-electron chi connectivity index (χ3n) is 1.75. The first-order valence-electron chi connectivity index (χ1n) is 3.50. The molecule has 2 N–H and O–H groups in total. The molecule has 0 aromatic heterocycles. The molecule has 2 unspecified atom stereocenters. The number of nitrogens with two attached hydrogens (primary N) is 1. The second-order valence-electron chi connectivity index (χ2n) is 2.73. The Balaban J connectivity index is 2.96. The fourth-order valence-corrected chi connectivity index (χ4v) is 1.22. The summed E-state index contributed by atoms with van der Waals surface area (Å²) in [5, 5.41) is 10.1. The maximum atomic E-state index is 10.4. The van der Waals surface area contributed by atoms with E-state index in [2.05, 4.69) is 0 Å². The highest BCUT2D eigenvalue weighted by Crippen LogP contribution is 2.24. The monoisotopic (exact) mass is 188 g/mol. The van der Waals surface area contributed by atoms with Crippen LogP contribution >= 0.6 is 11.6 Å². The lowest BCUT2D eigenvalue weighted by Crippen LogP contribution is -2.20. The van der Waals surface area contributed by atoms with Gasteiger partial charge in [-0.05, 0) is 6.08 Å². The van der Waals surface area contributed by atoms with E-state index in [1.54, 1.807) is 0 Å². The lowest BCUT2D eigenvalue weighted by atomic mass is 9.99. The van der Waals surface area contributed by atoms with Crippen molar-refractivity contribution in [2.24, 2.45) is 11.7 Å². The Hall–Kier alpha value is -1.03. The third kappa shape index (κ3) is 1.58. The Morgan fingerprint density at radius 3 is 2.75 bits per heavy atom. The third-order valence-corrected chi connectivity index (χ3v) is 2.28. The molecular formula is C7H9ClN2O2. The van der Waals surface area contributed by atoms with Gasteiger partial charge in [0.25, 0.3) is 5.70 Å². The van der Waals surface area contributed by atoms with Crippen LogP contribution in [0.15, 0.2) is 23.5 Å². The van der Waals surface area contributed by atoms with Gasteiger partial charge >= 0.3 is 0 Å². The zero-order chi connectivity index (χ0) is 9.30. The van der Waals surface area contributed by atoms with E-state index in [1.165, 1.54) is 12.2 Å². The molecule has 1 aliphatic rings. The Morgan fingerprint density at radius 2 is 2.25 bits per heavy atom. The maximum absolute atomic E-state index is 10.4. The molecular weight excluding hydrogens is 180 g/mol. The molecule has 0 amide bonds. The highest BCUT2D eigenvalue weighted by atomic mass is 35.5. The first-order chi connectivity index (χ1) is 5.52. The molecule has 0 saturated heterocycles. The number of halogens is 1. The van der Waals surface area contributed by atoms with Crippen molar-refractivity contribution in [1.82, 2.24) is 0 Å². The van der Waals surface area contributed by atoms with Crippen LogP contribution in [0.2, 0.25) is 0 Å². The molecule has 0 radical (unpaired) electrons. The molecule has 2 atom stereocenters. The van der Waals surface area contributed by atoms with Gasteiger partial charge in [-0.2, -0.15) is 0 Å². The summed E-state index contributed by atoms with van der Waals surface area (Å²) in [6.45, 7) is 1.81. The number of allylic oxidation sites excluding steroid dienone is 2. The van der Waals surface area contributed by atoms with Gasteiger partial charge in [0.05, 0.1) is 10.3 Å². The zero-order valence-corrected chi connectivity index (χ0v) is 7.28. The summed E-state index contributed by atoms with van der Waals surface area (Å²) in [6.07, 6.45) is 2.98. The molecule has 0 aliphatic heterocycles. The SMILES string of the molecule is CC1C=C([N+](=O)[O-])C(N)=CC1Cl. The van der Waals surface area contributed by atoms with Crippen LogP contribution in [0.1, 0.15) is 6.92 Å². The van der Waals surface area contributed by atoms with Crippen molar-refractivity contribution >= 4 is 11.6 Å². The predicted molar refractivity (Wildman–Crippen MR) is 46.2 cm³/mol. The maximum Gasteiger partial charge on any atom is 0.288 e. The second-order valence-corrected chi connectivity index (χ2v) is 3.24. The van der Waals surface area contributed by atoms with Crippen LogP contribution in [-0.4, -0.2) is 10.3 Å². The number of alkyl halides is 1. The highest BCUT2D eigenvalue weighted by molar-refractivity contribution is 6.22. The van der Waals surface area contributed by atoms with Gasteiger partial charge in [0.2, 0.25) is 0 Å². The predicted octanol–water partition coefficient (Wildman–Crippen LogP) is 1.25. The summed E-state index contributed by atoms with van der Waals surface area (Å²) in [5.74, 6) is -0.0423. The van der Waals surface area contributed by atoms with Crippen LogP contribution in [0, 0.1) is 16.0 Å². The molecule has 0 aromatic carbocycles. The number of hydrogen-bond donors (Lipinski definition) is 1. The molecule has 0 fully saturated rings. The van der Waals surface area contributed by atoms with E-state index in [0.29, 0.717) is 0 Å². The molecule has 66 valence electrons. The number of hydrogen-bond acceptors (Lipinski definition) is 3. The molecule has 0 bridgehead atoms. The van der Waals surface area contributed by atoms with E-state index in [0.717, 1.165) is 0 Å². The smallest absolute Gasteiger partial charge is 0.288 e. The van der Waals surface area contributed by atoms with Gasteiger partial charge in [-0.25, -0.2) is 0 Å². The fourth-order valence-electron chi connectivity index (χ4n) is 1.01. The number of nitrogens with zero attached hydrogens (tertiary/aromatic N) is 1. The van der Waals surface area contributed by atoms with Gasteiger partial charge in [-0.1, -0.05) is 6.92 Å². The minimum atomic E-state index is -0.495. The van der Waals surface area contributed by atoms with E-state index in [4.69, 9.17) is 17.3 Å². The van der Waals surface area contributed by atoms with Gasteiger partial charge in [0.15, 0.2) is 0 Å². The van der Waals surface area contributed by atoms with Crippen molar-refractivity contribution in [1.29, 1.82) is 0 Å². The summed E-state index contributed by atoms with van der Waals surface area (Å²) in [5.41, 5.74) is 5.51. The van der Waals surface area contributed by atoms with Crippen LogP contribution in [-0.2, 0) is 0 Å². The van der Waals surface area contributed by atoms with Crippen molar-refractivity contribution in [3.05, 3.63) is 33.7 Å². The van der Waals surface area contributed by atoms with Gasteiger partial charge < -0.3 is 5.73 Å². The second kappa shape index (κ2) is 3.15. The first-order valence-corrected chi connectivity index (χ1v) is 3.94. The highest BCUT2D eigenvalue weighted by Gasteiger charge is 2.25. The van der Waals surface area contributed by atoms with Crippen molar-refractivity contribution < 1.29 is 4.92 Å². The molecule has 4 nitrogen and oxygen atoms in total. The Bertz CT molecular complexity index is 273. The molecule has 12 heavy (non-hydrogen) atoms. The normalized spacial score (nSPS) is 29.2. The largest absolute Gasteiger partial charge is 0.393 e. The molecule has 0 aromatic rings. The lowest BCUT2D eigenvalue weighted by Gasteiger charge is -2.15. The van der Waals surface area contributed by atoms with Crippen LogP contribution in [0.3, 0.4) is 0 Å². The lowest BCUT2D eigenvalue weighted by molar-refractivity contribution is -0.421. The molecule has 1 rings (SSSR count). The average Bonchev–Trinajstić information content (AvgIpc) is 1.96. The minimum Gasteiger partial charge on any atom is -0.393 e. The van der Waals surface area contributed by atoms with Gasteiger partial charge in [0, 0.05) is 12.0 Å². The minimum absolute atomic E-state index is 0.0422. The topological polar surface area (TPSA) is 69.2 Å². The van der Waals surface area contributed by atoms with Crippen LogP contribution < -0.4 is 5.73 Å². The van der Waals surface area contributed by atoms with Gasteiger partial charge in [0.1, 0.15) is 5.70 Å². The Kier molecular flexibility index (Phi) is 2.38. The standard InChI is InChI=1S/C7H9ClN2O2/c1-4-2-7(10(11)12)6(9)3-5(4)8/h2-5H,9H2,1H3. The first kappa shape index (κ1) is 9.06. The van der Waals surface area contributed by atoms with Crippen LogP contribution in [0.4, 0.5) is 0 Å². The van der Waals surface area contributed by atoms with Crippen LogP contribution in [0.25, 0.3) is 0 Å². The molecule has 0 spiro atoms. The van der Waals surface area contributed by atoms with Crippen molar-refractivity contribution in [3.8, 4) is 0 Å². The van der Waals surface area contributed by atoms with E-state index in [-0.39, 0.29) is 22.7 Å². The summed E-state index contributed by atoms with van der Waals surface area (Å²) in [6, 6.07) is 0. The number of rotatable bonds is 1. The van der Waals surface area contributed by atoms with Gasteiger partial charge in [-0.15, -0.1) is 11.6 Å². The summed E-state index contributed by atoms with van der Waals surface area (Å²) >= 11 is 5.81. The average molecular weight is 189 g/mol. The summed E-state index contributed by atoms with van der Waals surface area (Å²) < 4.78 is 0. The molecule has 0 saturated carbocycles.